The lowest BCUT2D eigenvalue weighted by Crippen LogP contribution is -2.45. The van der Waals surface area contributed by atoms with Gasteiger partial charge in [0.2, 0.25) is 0 Å². The molecule has 0 radical (unpaired) electrons. The molecule has 1 aliphatic carbocycles. The SMILES string of the molecule is O=C(NC[C@H]1CCC[C@@H](Oc2ccccc2)[C@@H]1O)c1cccnn1. The van der Waals surface area contributed by atoms with Gasteiger partial charge in [0.25, 0.3) is 5.91 Å². The summed E-state index contributed by atoms with van der Waals surface area (Å²) in [4.78, 5) is 12.0. The van der Waals surface area contributed by atoms with Crippen molar-refractivity contribution in [3.63, 3.8) is 0 Å². The van der Waals surface area contributed by atoms with Crippen molar-refractivity contribution in [2.75, 3.05) is 6.54 Å². The van der Waals surface area contributed by atoms with Crippen molar-refractivity contribution in [2.45, 2.75) is 31.5 Å². The summed E-state index contributed by atoms with van der Waals surface area (Å²) in [6, 6.07) is 12.8. The number of rotatable bonds is 5. The molecular weight excluding hydrogens is 306 g/mol. The molecule has 126 valence electrons. The van der Waals surface area contributed by atoms with E-state index in [1.807, 2.05) is 30.3 Å². The molecular formula is C18H21N3O3. The highest BCUT2D eigenvalue weighted by atomic mass is 16.5. The smallest absolute Gasteiger partial charge is 0.271 e. The van der Waals surface area contributed by atoms with Gasteiger partial charge in [-0.05, 0) is 43.5 Å². The maximum atomic E-state index is 12.0. The first-order valence-electron chi connectivity index (χ1n) is 8.19. The lowest BCUT2D eigenvalue weighted by Gasteiger charge is -2.35. The molecule has 1 aromatic heterocycles. The van der Waals surface area contributed by atoms with Gasteiger partial charge in [-0.25, -0.2) is 0 Å². The Morgan fingerprint density at radius 1 is 1.21 bits per heavy atom. The zero-order chi connectivity index (χ0) is 16.8. The van der Waals surface area contributed by atoms with Crippen LogP contribution < -0.4 is 10.1 Å². The number of aliphatic hydroxyl groups excluding tert-OH is 1. The minimum Gasteiger partial charge on any atom is -0.488 e. The fourth-order valence-corrected chi connectivity index (χ4v) is 2.99. The zero-order valence-electron chi connectivity index (χ0n) is 13.3. The zero-order valence-corrected chi connectivity index (χ0v) is 13.3. The van der Waals surface area contributed by atoms with Gasteiger partial charge >= 0.3 is 0 Å². The van der Waals surface area contributed by atoms with Crippen molar-refractivity contribution in [2.24, 2.45) is 5.92 Å². The summed E-state index contributed by atoms with van der Waals surface area (Å²) >= 11 is 0. The van der Waals surface area contributed by atoms with Gasteiger partial charge in [0.1, 0.15) is 11.9 Å². The number of aromatic nitrogens is 2. The van der Waals surface area contributed by atoms with E-state index in [0.717, 1.165) is 25.0 Å². The van der Waals surface area contributed by atoms with E-state index in [1.165, 1.54) is 6.20 Å². The number of hydrogen-bond donors (Lipinski definition) is 2. The molecule has 1 aromatic carbocycles. The summed E-state index contributed by atoms with van der Waals surface area (Å²) in [6.07, 6.45) is 3.29. The maximum Gasteiger partial charge on any atom is 0.271 e. The predicted octanol–water partition coefficient (Wildman–Crippen LogP) is 1.81. The Balaban J connectivity index is 1.55. The predicted molar refractivity (Wildman–Crippen MR) is 88.6 cm³/mol. The van der Waals surface area contributed by atoms with Gasteiger partial charge in [0.15, 0.2) is 5.69 Å². The summed E-state index contributed by atoms with van der Waals surface area (Å²) in [5.74, 6) is 0.445. The largest absolute Gasteiger partial charge is 0.488 e. The highest BCUT2D eigenvalue weighted by Gasteiger charge is 2.33. The molecule has 0 aliphatic heterocycles. The van der Waals surface area contributed by atoms with Crippen molar-refractivity contribution in [1.29, 1.82) is 0 Å². The van der Waals surface area contributed by atoms with Gasteiger partial charge in [0, 0.05) is 18.7 Å². The average molecular weight is 327 g/mol. The molecule has 0 saturated heterocycles. The Hall–Kier alpha value is -2.47. The summed E-state index contributed by atoms with van der Waals surface area (Å²) < 4.78 is 5.90. The Morgan fingerprint density at radius 2 is 2.04 bits per heavy atom. The average Bonchev–Trinajstić information content (AvgIpc) is 2.64. The number of carbonyl (C=O) groups excluding carboxylic acids is 1. The van der Waals surface area contributed by atoms with E-state index >= 15 is 0 Å². The summed E-state index contributed by atoms with van der Waals surface area (Å²) in [5.41, 5.74) is 0.278. The molecule has 3 rings (SSSR count). The molecule has 1 saturated carbocycles. The number of benzene rings is 1. The highest BCUT2D eigenvalue weighted by Crippen LogP contribution is 2.28. The van der Waals surface area contributed by atoms with Crippen LogP contribution in [0.25, 0.3) is 0 Å². The third kappa shape index (κ3) is 4.08. The number of aliphatic hydroxyl groups is 1. The number of nitrogens with one attached hydrogen (secondary N) is 1. The van der Waals surface area contributed by atoms with E-state index in [-0.39, 0.29) is 23.6 Å². The molecule has 24 heavy (non-hydrogen) atoms. The molecule has 0 bridgehead atoms. The van der Waals surface area contributed by atoms with Crippen LogP contribution in [0.15, 0.2) is 48.7 Å². The first-order valence-corrected chi connectivity index (χ1v) is 8.19. The Kier molecular flexibility index (Phi) is 5.38. The van der Waals surface area contributed by atoms with Crippen LogP contribution in [0.2, 0.25) is 0 Å². The number of carbonyl (C=O) groups is 1. The molecule has 0 unspecified atom stereocenters. The molecule has 3 atom stereocenters. The van der Waals surface area contributed by atoms with E-state index in [0.29, 0.717) is 6.54 Å². The Bertz CT molecular complexity index is 651. The number of nitrogens with zero attached hydrogens (tertiary/aromatic N) is 2. The molecule has 2 aromatic rings. The van der Waals surface area contributed by atoms with Crippen LogP contribution in [-0.2, 0) is 0 Å². The minimum absolute atomic E-state index is 0.0342. The molecule has 1 aliphatic rings. The van der Waals surface area contributed by atoms with Crippen molar-refractivity contribution >= 4 is 5.91 Å². The molecule has 6 heteroatoms. The second-order valence-corrected chi connectivity index (χ2v) is 5.97. The summed E-state index contributed by atoms with van der Waals surface area (Å²) in [7, 11) is 0. The summed E-state index contributed by atoms with van der Waals surface area (Å²) in [6.45, 7) is 0.394. The van der Waals surface area contributed by atoms with E-state index in [9.17, 15) is 9.90 Å². The van der Waals surface area contributed by atoms with Gasteiger partial charge in [-0.1, -0.05) is 18.2 Å². The maximum absolute atomic E-state index is 12.0. The van der Waals surface area contributed by atoms with Crippen LogP contribution in [0, 0.1) is 5.92 Å². The standard InChI is InChI=1S/C18H21N3O3/c22-17-13(12-19-18(23)15-9-5-11-20-21-15)6-4-10-16(17)24-14-7-2-1-3-8-14/h1-3,5,7-9,11,13,16-17,22H,4,6,10,12H2,(H,19,23)/t13-,16-,17-/m1/s1. The van der Waals surface area contributed by atoms with Crippen LogP contribution in [-0.4, -0.2) is 40.0 Å². The molecule has 6 nitrogen and oxygen atoms in total. The topological polar surface area (TPSA) is 84.3 Å². The third-order valence-corrected chi connectivity index (χ3v) is 4.29. The lowest BCUT2D eigenvalue weighted by atomic mass is 9.84. The number of amides is 1. The van der Waals surface area contributed by atoms with Crippen molar-refractivity contribution in [3.05, 3.63) is 54.4 Å². The fraction of sp³-hybridized carbons (Fsp3) is 0.389. The van der Waals surface area contributed by atoms with Crippen molar-refractivity contribution < 1.29 is 14.6 Å². The van der Waals surface area contributed by atoms with E-state index in [1.54, 1.807) is 12.1 Å². The quantitative estimate of drug-likeness (QED) is 0.875. The lowest BCUT2D eigenvalue weighted by molar-refractivity contribution is -0.0301. The van der Waals surface area contributed by atoms with E-state index in [4.69, 9.17) is 4.74 Å². The van der Waals surface area contributed by atoms with Crippen molar-refractivity contribution in [1.82, 2.24) is 15.5 Å². The van der Waals surface area contributed by atoms with Gasteiger partial charge in [-0.3, -0.25) is 4.79 Å². The van der Waals surface area contributed by atoms with Crippen molar-refractivity contribution in [3.8, 4) is 5.75 Å². The van der Waals surface area contributed by atoms with Gasteiger partial charge in [0.05, 0.1) is 6.10 Å². The summed E-state index contributed by atoms with van der Waals surface area (Å²) in [5, 5.41) is 20.9. The molecule has 1 heterocycles. The van der Waals surface area contributed by atoms with E-state index < -0.39 is 6.10 Å². The number of para-hydroxylation sites is 1. The normalized spacial score (nSPS) is 23.5. The monoisotopic (exact) mass is 327 g/mol. The Labute approximate surface area is 140 Å². The second kappa shape index (κ2) is 7.88. The van der Waals surface area contributed by atoms with Crippen LogP contribution in [0.3, 0.4) is 0 Å². The molecule has 1 amide bonds. The fourth-order valence-electron chi connectivity index (χ4n) is 2.99. The third-order valence-electron chi connectivity index (χ3n) is 4.29. The molecule has 2 N–H and O–H groups in total. The first-order chi connectivity index (χ1) is 11.7. The highest BCUT2D eigenvalue weighted by molar-refractivity contribution is 5.91. The molecule has 0 spiro atoms. The van der Waals surface area contributed by atoms with E-state index in [2.05, 4.69) is 15.5 Å². The van der Waals surface area contributed by atoms with Crippen LogP contribution in [0.1, 0.15) is 29.8 Å². The van der Waals surface area contributed by atoms with Gasteiger partial charge < -0.3 is 15.2 Å². The van der Waals surface area contributed by atoms with Crippen LogP contribution in [0.5, 0.6) is 5.75 Å². The van der Waals surface area contributed by atoms with Gasteiger partial charge in [-0.2, -0.15) is 5.10 Å². The van der Waals surface area contributed by atoms with Crippen LogP contribution in [0.4, 0.5) is 0 Å². The van der Waals surface area contributed by atoms with Crippen LogP contribution >= 0.6 is 0 Å². The second-order valence-electron chi connectivity index (χ2n) is 5.97. The Morgan fingerprint density at radius 3 is 2.79 bits per heavy atom. The minimum atomic E-state index is -0.610. The number of ether oxygens (including phenoxy) is 1. The van der Waals surface area contributed by atoms with Gasteiger partial charge in [-0.15, -0.1) is 5.10 Å². The first kappa shape index (κ1) is 16.4. The number of hydrogen-bond acceptors (Lipinski definition) is 5. The molecule has 1 fully saturated rings.